The first-order chi connectivity index (χ1) is 9.01. The molecule has 106 valence electrons. The molecule has 1 saturated heterocycles. The number of benzene rings is 1. The maximum Gasteiger partial charge on any atom is 0.0402 e. The second-order valence-electron chi connectivity index (χ2n) is 6.35. The van der Waals surface area contributed by atoms with Crippen LogP contribution in [0.2, 0.25) is 0 Å². The fourth-order valence-electron chi connectivity index (χ4n) is 3.22. The zero-order valence-corrected chi connectivity index (χ0v) is 12.8. The van der Waals surface area contributed by atoms with E-state index in [2.05, 4.69) is 50.8 Å². The summed E-state index contributed by atoms with van der Waals surface area (Å²) >= 11 is 0. The van der Waals surface area contributed by atoms with Crippen molar-refractivity contribution in [3.05, 3.63) is 29.3 Å². The van der Waals surface area contributed by atoms with Gasteiger partial charge in [-0.15, -0.1) is 0 Å². The number of hydrogen-bond donors (Lipinski definition) is 1. The SMILES string of the molecule is CCC(N)Cc1cc(C)ccc1N1CC(C)CC1C. The monoisotopic (exact) mass is 260 g/mol. The molecule has 1 aliphatic rings. The molecular formula is C17H28N2. The van der Waals surface area contributed by atoms with Gasteiger partial charge in [-0.1, -0.05) is 31.5 Å². The second kappa shape index (κ2) is 5.96. The van der Waals surface area contributed by atoms with Crippen molar-refractivity contribution in [3.63, 3.8) is 0 Å². The summed E-state index contributed by atoms with van der Waals surface area (Å²) in [5.41, 5.74) is 10.3. The van der Waals surface area contributed by atoms with E-state index in [1.807, 2.05) is 0 Å². The minimum atomic E-state index is 0.274. The van der Waals surface area contributed by atoms with Crippen molar-refractivity contribution in [1.29, 1.82) is 0 Å². The molecule has 0 bridgehead atoms. The Morgan fingerprint density at radius 3 is 2.68 bits per heavy atom. The van der Waals surface area contributed by atoms with E-state index in [1.165, 1.54) is 29.8 Å². The van der Waals surface area contributed by atoms with Crippen molar-refractivity contribution < 1.29 is 0 Å². The van der Waals surface area contributed by atoms with E-state index in [0.717, 1.165) is 18.8 Å². The molecule has 0 saturated carbocycles. The Morgan fingerprint density at radius 1 is 1.37 bits per heavy atom. The highest BCUT2D eigenvalue weighted by Crippen LogP contribution is 2.32. The molecule has 1 aromatic carbocycles. The van der Waals surface area contributed by atoms with E-state index in [9.17, 15) is 0 Å². The summed E-state index contributed by atoms with van der Waals surface area (Å²) in [5.74, 6) is 0.795. The van der Waals surface area contributed by atoms with E-state index in [4.69, 9.17) is 5.73 Å². The predicted octanol–water partition coefficient (Wildman–Crippen LogP) is 3.51. The molecule has 1 aliphatic heterocycles. The molecule has 2 heteroatoms. The lowest BCUT2D eigenvalue weighted by atomic mass is 10.00. The third kappa shape index (κ3) is 3.30. The Bertz CT molecular complexity index is 427. The van der Waals surface area contributed by atoms with Crippen LogP contribution in [-0.2, 0) is 6.42 Å². The molecule has 1 fully saturated rings. The van der Waals surface area contributed by atoms with Crippen molar-refractivity contribution in [2.75, 3.05) is 11.4 Å². The summed E-state index contributed by atoms with van der Waals surface area (Å²) in [4.78, 5) is 2.57. The van der Waals surface area contributed by atoms with Crippen LogP contribution < -0.4 is 10.6 Å². The lowest BCUT2D eigenvalue weighted by molar-refractivity contribution is 0.624. The van der Waals surface area contributed by atoms with Gasteiger partial charge in [0, 0.05) is 24.3 Å². The van der Waals surface area contributed by atoms with Gasteiger partial charge in [-0.25, -0.2) is 0 Å². The summed E-state index contributed by atoms with van der Waals surface area (Å²) in [5, 5.41) is 0. The van der Waals surface area contributed by atoms with E-state index in [0.29, 0.717) is 6.04 Å². The fraction of sp³-hybridized carbons (Fsp3) is 0.647. The van der Waals surface area contributed by atoms with Gasteiger partial charge in [0.2, 0.25) is 0 Å². The van der Waals surface area contributed by atoms with Gasteiger partial charge < -0.3 is 10.6 Å². The topological polar surface area (TPSA) is 29.3 Å². The molecule has 2 nitrogen and oxygen atoms in total. The van der Waals surface area contributed by atoms with Crippen molar-refractivity contribution in [2.45, 2.75) is 59.0 Å². The average Bonchev–Trinajstić information content (AvgIpc) is 2.68. The van der Waals surface area contributed by atoms with Crippen LogP contribution in [0.15, 0.2) is 18.2 Å². The van der Waals surface area contributed by atoms with Crippen LogP contribution in [0.3, 0.4) is 0 Å². The van der Waals surface area contributed by atoms with E-state index >= 15 is 0 Å². The van der Waals surface area contributed by atoms with Gasteiger partial charge in [-0.3, -0.25) is 0 Å². The lowest BCUT2D eigenvalue weighted by Crippen LogP contribution is -2.29. The first-order valence-electron chi connectivity index (χ1n) is 7.63. The summed E-state index contributed by atoms with van der Waals surface area (Å²) < 4.78 is 0. The molecule has 0 spiro atoms. The highest BCUT2D eigenvalue weighted by atomic mass is 15.2. The van der Waals surface area contributed by atoms with Crippen LogP contribution in [0, 0.1) is 12.8 Å². The largest absolute Gasteiger partial charge is 0.368 e. The second-order valence-corrected chi connectivity index (χ2v) is 6.35. The first-order valence-corrected chi connectivity index (χ1v) is 7.63. The molecule has 2 rings (SSSR count). The molecule has 1 heterocycles. The number of anilines is 1. The molecule has 0 radical (unpaired) electrons. The third-order valence-corrected chi connectivity index (χ3v) is 4.33. The number of aryl methyl sites for hydroxylation is 1. The summed E-state index contributed by atoms with van der Waals surface area (Å²) in [7, 11) is 0. The summed E-state index contributed by atoms with van der Waals surface area (Å²) in [6.07, 6.45) is 3.33. The minimum Gasteiger partial charge on any atom is -0.368 e. The Labute approximate surface area is 118 Å². The van der Waals surface area contributed by atoms with Gasteiger partial charge in [0.05, 0.1) is 0 Å². The van der Waals surface area contributed by atoms with Crippen LogP contribution in [-0.4, -0.2) is 18.6 Å². The molecule has 0 aromatic heterocycles. The van der Waals surface area contributed by atoms with Crippen molar-refractivity contribution in [1.82, 2.24) is 0 Å². The Balaban J connectivity index is 2.28. The van der Waals surface area contributed by atoms with Gasteiger partial charge in [-0.05, 0) is 50.7 Å². The molecule has 19 heavy (non-hydrogen) atoms. The van der Waals surface area contributed by atoms with E-state index in [-0.39, 0.29) is 6.04 Å². The Morgan fingerprint density at radius 2 is 2.11 bits per heavy atom. The van der Waals surface area contributed by atoms with Gasteiger partial charge in [-0.2, -0.15) is 0 Å². The molecule has 0 aliphatic carbocycles. The maximum atomic E-state index is 6.17. The van der Waals surface area contributed by atoms with Gasteiger partial charge in [0.25, 0.3) is 0 Å². The van der Waals surface area contributed by atoms with Gasteiger partial charge in [0.1, 0.15) is 0 Å². The standard InChI is InChI=1S/C17H28N2/c1-5-16(18)10-15-9-12(2)6-7-17(15)19-11-13(3)8-14(19)4/h6-7,9,13-14,16H,5,8,10-11,18H2,1-4H3. The molecule has 3 unspecified atom stereocenters. The van der Waals surface area contributed by atoms with Gasteiger partial charge >= 0.3 is 0 Å². The van der Waals surface area contributed by atoms with Crippen LogP contribution in [0.4, 0.5) is 5.69 Å². The molecule has 0 amide bonds. The van der Waals surface area contributed by atoms with Gasteiger partial charge in [0.15, 0.2) is 0 Å². The first kappa shape index (κ1) is 14.4. The number of nitrogens with two attached hydrogens (primary N) is 1. The van der Waals surface area contributed by atoms with Crippen LogP contribution >= 0.6 is 0 Å². The number of rotatable bonds is 4. The Hall–Kier alpha value is -1.02. The number of nitrogens with zero attached hydrogens (tertiary/aromatic N) is 1. The average molecular weight is 260 g/mol. The highest BCUT2D eigenvalue weighted by molar-refractivity contribution is 5.56. The molecular weight excluding hydrogens is 232 g/mol. The molecule has 1 aromatic rings. The summed E-state index contributed by atoms with van der Waals surface area (Å²) in [6.45, 7) is 10.2. The third-order valence-electron chi connectivity index (χ3n) is 4.33. The van der Waals surface area contributed by atoms with Crippen LogP contribution in [0.1, 0.15) is 44.7 Å². The smallest absolute Gasteiger partial charge is 0.0402 e. The Kier molecular flexibility index (Phi) is 4.51. The fourth-order valence-corrected chi connectivity index (χ4v) is 3.22. The maximum absolute atomic E-state index is 6.17. The normalized spacial score (nSPS) is 24.8. The zero-order chi connectivity index (χ0) is 14.0. The predicted molar refractivity (Wildman–Crippen MR) is 83.7 cm³/mol. The van der Waals surface area contributed by atoms with Crippen LogP contribution in [0.25, 0.3) is 0 Å². The van der Waals surface area contributed by atoms with Crippen LogP contribution in [0.5, 0.6) is 0 Å². The highest BCUT2D eigenvalue weighted by Gasteiger charge is 2.27. The number of hydrogen-bond acceptors (Lipinski definition) is 2. The van der Waals surface area contributed by atoms with Crippen molar-refractivity contribution >= 4 is 5.69 Å². The van der Waals surface area contributed by atoms with E-state index < -0.39 is 0 Å². The lowest BCUT2D eigenvalue weighted by Gasteiger charge is -2.27. The van der Waals surface area contributed by atoms with Crippen molar-refractivity contribution in [3.8, 4) is 0 Å². The molecule has 3 atom stereocenters. The zero-order valence-electron chi connectivity index (χ0n) is 12.8. The quantitative estimate of drug-likeness (QED) is 0.897. The minimum absolute atomic E-state index is 0.274. The van der Waals surface area contributed by atoms with E-state index in [1.54, 1.807) is 0 Å². The van der Waals surface area contributed by atoms with Crippen molar-refractivity contribution in [2.24, 2.45) is 11.7 Å². The molecule has 2 N–H and O–H groups in total. The summed E-state index contributed by atoms with van der Waals surface area (Å²) in [6, 6.07) is 7.76.